The van der Waals surface area contributed by atoms with Crippen molar-refractivity contribution >= 4 is 5.90 Å². The normalized spacial score (nSPS) is 42.7. The summed E-state index contributed by atoms with van der Waals surface area (Å²) in [6.07, 6.45) is -1.19. The minimum atomic E-state index is -1.58. The molecule has 1 aliphatic carbocycles. The summed E-state index contributed by atoms with van der Waals surface area (Å²) >= 11 is 0. The van der Waals surface area contributed by atoms with Gasteiger partial charge in [-0.3, -0.25) is 0 Å². The highest BCUT2D eigenvalue weighted by Gasteiger charge is 2.87. The van der Waals surface area contributed by atoms with Gasteiger partial charge >= 0.3 is 0 Å². The van der Waals surface area contributed by atoms with Gasteiger partial charge in [-0.2, -0.15) is 0 Å². The molecule has 2 fully saturated rings. The van der Waals surface area contributed by atoms with Crippen molar-refractivity contribution in [3.63, 3.8) is 0 Å². The largest absolute Gasteiger partial charge is 0.497 e. The molecule has 2 heterocycles. The number of aliphatic hydroxyl groups excluding tert-OH is 1. The Bertz CT molecular complexity index is 819. The molecule has 0 unspecified atom stereocenters. The zero-order valence-electron chi connectivity index (χ0n) is 14.7. The first kappa shape index (κ1) is 17.1. The van der Waals surface area contributed by atoms with E-state index in [1.165, 1.54) is 0 Å². The standard InChI is InChI=1S/C17H20N4O5/c1-9-17(19-14(25-9)10-4-6-11(24-3)7-5-10)12(20-21-18)13-16(8-22,26-13)15(17,2)23/h4-7,9,12-13,22-23H,8H2,1-3H3/t9-,12-,13-,15-,16-,17-/m0/s1. The Labute approximate surface area is 149 Å². The van der Waals surface area contributed by atoms with E-state index in [9.17, 15) is 10.2 Å². The summed E-state index contributed by atoms with van der Waals surface area (Å²) < 4.78 is 16.7. The number of hydrogen-bond donors (Lipinski definition) is 2. The molecule has 2 N–H and O–H groups in total. The lowest BCUT2D eigenvalue weighted by atomic mass is 9.74. The molecule has 0 aromatic heterocycles. The van der Waals surface area contributed by atoms with Gasteiger partial charge in [-0.15, -0.1) is 0 Å². The summed E-state index contributed by atoms with van der Waals surface area (Å²) in [5.74, 6) is 1.04. The van der Waals surface area contributed by atoms with Crippen LogP contribution in [0.5, 0.6) is 5.75 Å². The minimum Gasteiger partial charge on any atom is -0.497 e. The molecule has 3 aliphatic rings. The lowest BCUT2D eigenvalue weighted by Gasteiger charge is -2.42. The van der Waals surface area contributed by atoms with E-state index < -0.39 is 41.6 Å². The van der Waals surface area contributed by atoms with Crippen LogP contribution in [0.25, 0.3) is 10.4 Å². The Kier molecular flexibility index (Phi) is 3.51. The van der Waals surface area contributed by atoms with E-state index in [0.29, 0.717) is 17.2 Å². The van der Waals surface area contributed by atoms with Crippen molar-refractivity contribution in [1.82, 2.24) is 0 Å². The van der Waals surface area contributed by atoms with Gasteiger partial charge in [0.2, 0.25) is 5.90 Å². The molecular formula is C17H20N4O5. The molecule has 1 spiro atoms. The molecular weight excluding hydrogens is 340 g/mol. The number of epoxide rings is 1. The van der Waals surface area contributed by atoms with Crippen molar-refractivity contribution in [3.05, 3.63) is 40.3 Å². The second-order valence-corrected chi connectivity index (χ2v) is 7.04. The molecule has 4 rings (SSSR count). The van der Waals surface area contributed by atoms with Crippen LogP contribution in [-0.2, 0) is 9.47 Å². The third-order valence-corrected chi connectivity index (χ3v) is 6.02. The van der Waals surface area contributed by atoms with E-state index in [-0.39, 0.29) is 0 Å². The molecule has 9 heteroatoms. The number of azide groups is 1. The number of methoxy groups -OCH3 is 1. The van der Waals surface area contributed by atoms with Crippen LogP contribution in [0.15, 0.2) is 34.4 Å². The highest BCUT2D eigenvalue weighted by atomic mass is 16.6. The maximum atomic E-state index is 11.3. The highest BCUT2D eigenvalue weighted by Crippen LogP contribution is 2.65. The van der Waals surface area contributed by atoms with E-state index in [4.69, 9.17) is 24.7 Å². The molecule has 0 radical (unpaired) electrons. The third-order valence-electron chi connectivity index (χ3n) is 6.02. The summed E-state index contributed by atoms with van der Waals surface area (Å²) in [6, 6.07) is 6.37. The first-order valence-corrected chi connectivity index (χ1v) is 8.34. The zero-order valence-corrected chi connectivity index (χ0v) is 14.7. The molecule has 9 nitrogen and oxygen atoms in total. The zero-order chi connectivity index (χ0) is 18.7. The Hall–Kier alpha value is -2.32. The number of aliphatic hydroxyl groups is 2. The van der Waals surface area contributed by atoms with E-state index in [1.807, 2.05) is 0 Å². The van der Waals surface area contributed by atoms with Crippen molar-refractivity contribution in [1.29, 1.82) is 0 Å². The molecule has 1 saturated carbocycles. The van der Waals surface area contributed by atoms with E-state index in [1.54, 1.807) is 45.2 Å². The van der Waals surface area contributed by atoms with Crippen LogP contribution in [-0.4, -0.2) is 64.8 Å². The van der Waals surface area contributed by atoms with Crippen molar-refractivity contribution in [2.24, 2.45) is 10.1 Å². The molecule has 1 aromatic rings. The van der Waals surface area contributed by atoms with E-state index >= 15 is 0 Å². The Balaban J connectivity index is 1.82. The van der Waals surface area contributed by atoms with Gasteiger partial charge in [0.15, 0.2) is 0 Å². The fourth-order valence-corrected chi connectivity index (χ4v) is 4.47. The molecule has 2 aliphatic heterocycles. The Morgan fingerprint density at radius 2 is 2.08 bits per heavy atom. The van der Waals surface area contributed by atoms with Gasteiger partial charge in [0.05, 0.1) is 19.8 Å². The second-order valence-electron chi connectivity index (χ2n) is 7.04. The molecule has 0 amide bonds. The van der Waals surface area contributed by atoms with Gasteiger partial charge in [0.1, 0.15) is 34.7 Å². The predicted octanol–water partition coefficient (Wildman–Crippen LogP) is 1.17. The van der Waals surface area contributed by atoms with E-state index in [2.05, 4.69) is 10.0 Å². The summed E-state index contributed by atoms with van der Waals surface area (Å²) in [4.78, 5) is 7.61. The lowest BCUT2D eigenvalue weighted by Crippen LogP contribution is -2.64. The maximum absolute atomic E-state index is 11.3. The highest BCUT2D eigenvalue weighted by molar-refractivity contribution is 5.96. The maximum Gasteiger partial charge on any atom is 0.217 e. The second kappa shape index (κ2) is 5.34. The average Bonchev–Trinajstić information content (AvgIpc) is 3.25. The molecule has 138 valence electrons. The minimum absolute atomic E-state index is 0.341. The van der Waals surface area contributed by atoms with Gasteiger partial charge in [-0.25, -0.2) is 4.99 Å². The van der Waals surface area contributed by atoms with Crippen molar-refractivity contribution in [2.45, 2.75) is 48.8 Å². The fourth-order valence-electron chi connectivity index (χ4n) is 4.47. The van der Waals surface area contributed by atoms with Crippen LogP contribution >= 0.6 is 0 Å². The van der Waals surface area contributed by atoms with Crippen LogP contribution in [0.3, 0.4) is 0 Å². The van der Waals surface area contributed by atoms with Crippen LogP contribution in [0.4, 0.5) is 0 Å². The van der Waals surface area contributed by atoms with Gasteiger partial charge in [-0.1, -0.05) is 5.11 Å². The molecule has 0 bridgehead atoms. The number of fused-ring (bicyclic) bond motifs is 1. The summed E-state index contributed by atoms with van der Waals surface area (Å²) in [6.45, 7) is 2.92. The number of hydrogen-bond acceptors (Lipinski definition) is 7. The topological polar surface area (TPSA) is 133 Å². The molecule has 1 aromatic carbocycles. The number of rotatable bonds is 4. The first-order valence-electron chi connectivity index (χ1n) is 8.34. The summed E-state index contributed by atoms with van der Waals surface area (Å²) in [5, 5.41) is 25.0. The SMILES string of the molecule is COc1ccc(C2=N[C@@]3([C@H](C)O2)[C@@H](N=[N+]=[N-])[C@@H]2O[C@]2(CO)[C@]3(C)O)cc1. The first-order chi connectivity index (χ1) is 12.4. The smallest absolute Gasteiger partial charge is 0.217 e. The molecule has 26 heavy (non-hydrogen) atoms. The van der Waals surface area contributed by atoms with Crippen LogP contribution in [0, 0.1) is 0 Å². The number of benzene rings is 1. The Morgan fingerprint density at radius 3 is 2.65 bits per heavy atom. The summed E-state index contributed by atoms with van der Waals surface area (Å²) in [5.41, 5.74) is 5.70. The van der Waals surface area contributed by atoms with Crippen LogP contribution in [0.1, 0.15) is 19.4 Å². The average molecular weight is 360 g/mol. The van der Waals surface area contributed by atoms with Gasteiger partial charge in [0, 0.05) is 10.5 Å². The quantitative estimate of drug-likeness (QED) is 0.360. The van der Waals surface area contributed by atoms with Crippen molar-refractivity contribution < 1.29 is 24.4 Å². The van der Waals surface area contributed by atoms with Crippen LogP contribution in [0.2, 0.25) is 0 Å². The molecule has 6 atom stereocenters. The van der Waals surface area contributed by atoms with Gasteiger partial charge in [0.25, 0.3) is 0 Å². The predicted molar refractivity (Wildman–Crippen MR) is 91.1 cm³/mol. The van der Waals surface area contributed by atoms with Gasteiger partial charge < -0.3 is 24.4 Å². The monoisotopic (exact) mass is 360 g/mol. The van der Waals surface area contributed by atoms with Crippen LogP contribution < -0.4 is 4.74 Å². The lowest BCUT2D eigenvalue weighted by molar-refractivity contribution is -0.117. The summed E-state index contributed by atoms with van der Waals surface area (Å²) in [7, 11) is 1.58. The number of ether oxygens (including phenoxy) is 3. The number of nitrogens with zero attached hydrogens (tertiary/aromatic N) is 4. The van der Waals surface area contributed by atoms with Crippen molar-refractivity contribution in [2.75, 3.05) is 13.7 Å². The van der Waals surface area contributed by atoms with Crippen molar-refractivity contribution in [3.8, 4) is 5.75 Å². The number of aliphatic imine (C=N–C) groups is 1. The van der Waals surface area contributed by atoms with E-state index in [0.717, 1.165) is 0 Å². The molecule has 1 saturated heterocycles. The third kappa shape index (κ3) is 1.80. The fraction of sp³-hybridized carbons (Fsp3) is 0.588. The van der Waals surface area contributed by atoms with Gasteiger partial charge in [-0.05, 0) is 43.6 Å². The Morgan fingerprint density at radius 1 is 1.38 bits per heavy atom.